The van der Waals surface area contributed by atoms with Gasteiger partial charge in [0.1, 0.15) is 11.5 Å². The molecule has 0 aliphatic rings. The van der Waals surface area contributed by atoms with E-state index in [2.05, 4.69) is 0 Å². The lowest BCUT2D eigenvalue weighted by Crippen LogP contribution is -2.03. The predicted molar refractivity (Wildman–Crippen MR) is 82.8 cm³/mol. The standard InChI is InChI=1S/C14H15O6PS/c15-10-3-1-2-9(6-10)7-13(17)12-8-11(16)4-5-14(12)22-21(18,19)20/h1-6,8,13,15-17H,7H2,(H2,18,19,20). The molecule has 22 heavy (non-hydrogen) atoms. The Morgan fingerprint density at radius 2 is 1.73 bits per heavy atom. The summed E-state index contributed by atoms with van der Waals surface area (Å²) in [6.45, 7) is -4.38. The Labute approximate surface area is 131 Å². The minimum Gasteiger partial charge on any atom is -0.508 e. The van der Waals surface area contributed by atoms with Gasteiger partial charge in [0, 0.05) is 11.3 Å². The minimum atomic E-state index is -4.38. The van der Waals surface area contributed by atoms with E-state index in [0.717, 1.165) is 0 Å². The average Bonchev–Trinajstić information content (AvgIpc) is 2.39. The molecule has 0 heterocycles. The van der Waals surface area contributed by atoms with Crippen LogP contribution in [0.1, 0.15) is 17.2 Å². The molecule has 0 amide bonds. The molecule has 0 aromatic heterocycles. The first-order valence-electron chi connectivity index (χ1n) is 6.28. The maximum Gasteiger partial charge on any atom is 0.388 e. The molecule has 1 atom stereocenters. The molecule has 0 spiro atoms. The van der Waals surface area contributed by atoms with Gasteiger partial charge < -0.3 is 25.1 Å². The van der Waals surface area contributed by atoms with E-state index in [1.54, 1.807) is 12.1 Å². The molecule has 5 N–H and O–H groups in total. The van der Waals surface area contributed by atoms with Crippen molar-refractivity contribution in [2.24, 2.45) is 0 Å². The van der Waals surface area contributed by atoms with Crippen LogP contribution < -0.4 is 0 Å². The fraction of sp³-hybridized carbons (Fsp3) is 0.143. The second-order valence-electron chi connectivity index (χ2n) is 4.69. The monoisotopic (exact) mass is 342 g/mol. The van der Waals surface area contributed by atoms with Gasteiger partial charge in [-0.3, -0.25) is 0 Å². The van der Waals surface area contributed by atoms with Gasteiger partial charge in [0.25, 0.3) is 0 Å². The molecule has 6 nitrogen and oxygen atoms in total. The van der Waals surface area contributed by atoms with Gasteiger partial charge in [-0.1, -0.05) is 12.1 Å². The Bertz CT molecular complexity index is 714. The highest BCUT2D eigenvalue weighted by molar-refractivity contribution is 8.54. The van der Waals surface area contributed by atoms with E-state index in [4.69, 9.17) is 9.79 Å². The SMILES string of the molecule is O=P(O)(O)Sc1ccc(O)cc1C(O)Cc1cccc(O)c1. The van der Waals surface area contributed by atoms with Crippen molar-refractivity contribution < 1.29 is 29.7 Å². The number of rotatable bonds is 5. The van der Waals surface area contributed by atoms with Crippen LogP contribution in [0.3, 0.4) is 0 Å². The van der Waals surface area contributed by atoms with E-state index in [1.807, 2.05) is 0 Å². The van der Waals surface area contributed by atoms with Gasteiger partial charge in [0.15, 0.2) is 0 Å². The van der Waals surface area contributed by atoms with Crippen LogP contribution in [0.15, 0.2) is 47.4 Å². The van der Waals surface area contributed by atoms with Gasteiger partial charge in [-0.25, -0.2) is 4.57 Å². The van der Waals surface area contributed by atoms with Crippen LogP contribution in [0.25, 0.3) is 0 Å². The molecule has 0 bridgehead atoms. The van der Waals surface area contributed by atoms with Crippen LogP contribution in [0, 0.1) is 0 Å². The lowest BCUT2D eigenvalue weighted by atomic mass is 10.0. The van der Waals surface area contributed by atoms with Crippen molar-refractivity contribution in [2.75, 3.05) is 0 Å². The van der Waals surface area contributed by atoms with Crippen LogP contribution in [0.4, 0.5) is 0 Å². The molecule has 0 saturated heterocycles. The highest BCUT2D eigenvalue weighted by atomic mass is 32.7. The zero-order chi connectivity index (χ0) is 16.3. The van der Waals surface area contributed by atoms with Crippen molar-refractivity contribution in [2.45, 2.75) is 17.4 Å². The van der Waals surface area contributed by atoms with Gasteiger partial charge in [0.05, 0.1) is 6.10 Å². The summed E-state index contributed by atoms with van der Waals surface area (Å²) in [5.41, 5.74) is 0.875. The topological polar surface area (TPSA) is 118 Å². The van der Waals surface area contributed by atoms with Crippen LogP contribution in [-0.4, -0.2) is 25.1 Å². The highest BCUT2D eigenvalue weighted by Crippen LogP contribution is 2.56. The fourth-order valence-electron chi connectivity index (χ4n) is 2.02. The number of phenols is 2. The molecule has 2 aromatic carbocycles. The molecule has 118 valence electrons. The third-order valence-corrected chi connectivity index (χ3v) is 5.02. The number of phenolic OH excluding ortho intramolecular Hbond substituents is 2. The lowest BCUT2D eigenvalue weighted by Gasteiger charge is -2.16. The average molecular weight is 342 g/mol. The fourth-order valence-corrected chi connectivity index (χ4v) is 3.98. The number of hydrogen-bond donors (Lipinski definition) is 5. The summed E-state index contributed by atoms with van der Waals surface area (Å²) < 4.78 is 11.1. The Morgan fingerprint density at radius 3 is 2.36 bits per heavy atom. The van der Waals surface area contributed by atoms with Gasteiger partial charge in [0.2, 0.25) is 0 Å². The van der Waals surface area contributed by atoms with Gasteiger partial charge in [-0.2, -0.15) is 0 Å². The summed E-state index contributed by atoms with van der Waals surface area (Å²) in [5, 5.41) is 29.3. The van der Waals surface area contributed by atoms with Crippen molar-refractivity contribution in [3.05, 3.63) is 53.6 Å². The largest absolute Gasteiger partial charge is 0.508 e. The molecule has 0 saturated carbocycles. The Balaban J connectivity index is 2.29. The maximum absolute atomic E-state index is 11.1. The third kappa shape index (κ3) is 4.76. The van der Waals surface area contributed by atoms with Gasteiger partial charge in [-0.15, -0.1) is 0 Å². The quantitative estimate of drug-likeness (QED) is 0.530. The molecular weight excluding hydrogens is 327 g/mol. The normalized spacial score (nSPS) is 13.0. The van der Waals surface area contributed by atoms with Crippen LogP contribution in [0.5, 0.6) is 11.5 Å². The maximum atomic E-state index is 11.1. The minimum absolute atomic E-state index is 0.0606. The zero-order valence-electron chi connectivity index (χ0n) is 11.3. The van der Waals surface area contributed by atoms with Crippen molar-refractivity contribution in [3.8, 4) is 11.5 Å². The highest BCUT2D eigenvalue weighted by Gasteiger charge is 2.22. The van der Waals surface area contributed by atoms with Crippen molar-refractivity contribution in [1.82, 2.24) is 0 Å². The second kappa shape index (κ2) is 6.73. The molecular formula is C14H15O6PS. The Kier molecular flexibility index (Phi) is 5.16. The Hall–Kier alpha value is -1.50. The number of hydrogen-bond acceptors (Lipinski definition) is 5. The molecule has 0 radical (unpaired) electrons. The summed E-state index contributed by atoms with van der Waals surface area (Å²) in [4.78, 5) is 18.3. The van der Waals surface area contributed by atoms with Gasteiger partial charge >= 0.3 is 6.80 Å². The lowest BCUT2D eigenvalue weighted by molar-refractivity contribution is 0.175. The molecule has 1 unspecified atom stereocenters. The van der Waals surface area contributed by atoms with Crippen molar-refractivity contribution >= 4 is 18.2 Å². The smallest absolute Gasteiger partial charge is 0.388 e. The molecule has 0 aliphatic heterocycles. The number of benzene rings is 2. The van der Waals surface area contributed by atoms with Crippen LogP contribution in [0.2, 0.25) is 0 Å². The van der Waals surface area contributed by atoms with E-state index in [0.29, 0.717) is 16.9 Å². The van der Waals surface area contributed by atoms with E-state index in [1.165, 1.54) is 30.3 Å². The molecule has 2 rings (SSSR count). The number of aromatic hydroxyl groups is 2. The number of aliphatic hydroxyl groups excluding tert-OH is 1. The molecule has 8 heteroatoms. The van der Waals surface area contributed by atoms with Crippen molar-refractivity contribution in [1.29, 1.82) is 0 Å². The van der Waals surface area contributed by atoms with E-state index >= 15 is 0 Å². The van der Waals surface area contributed by atoms with E-state index < -0.39 is 12.9 Å². The van der Waals surface area contributed by atoms with Crippen molar-refractivity contribution in [3.63, 3.8) is 0 Å². The van der Waals surface area contributed by atoms with E-state index in [-0.39, 0.29) is 28.4 Å². The first kappa shape index (κ1) is 16.9. The first-order valence-corrected chi connectivity index (χ1v) is 9.32. The summed E-state index contributed by atoms with van der Waals surface area (Å²) in [6, 6.07) is 10.2. The molecule has 0 aliphatic carbocycles. The van der Waals surface area contributed by atoms with Crippen LogP contribution in [-0.2, 0) is 11.0 Å². The Morgan fingerprint density at radius 1 is 1.05 bits per heavy atom. The summed E-state index contributed by atoms with van der Waals surface area (Å²) >= 11 is 0.324. The zero-order valence-corrected chi connectivity index (χ0v) is 13.0. The van der Waals surface area contributed by atoms with E-state index in [9.17, 15) is 19.9 Å². The molecule has 2 aromatic rings. The van der Waals surface area contributed by atoms with Crippen LogP contribution >= 0.6 is 18.2 Å². The third-order valence-electron chi connectivity index (χ3n) is 2.91. The first-order chi connectivity index (χ1) is 10.2. The summed E-state index contributed by atoms with van der Waals surface area (Å²) in [7, 11) is 0. The summed E-state index contributed by atoms with van der Waals surface area (Å²) in [6.07, 6.45) is -0.949. The molecule has 0 fully saturated rings. The number of aliphatic hydroxyl groups is 1. The summed E-state index contributed by atoms with van der Waals surface area (Å²) in [5.74, 6) is -0.0505. The second-order valence-corrected chi connectivity index (χ2v) is 8.27. The van der Waals surface area contributed by atoms with Gasteiger partial charge in [-0.05, 0) is 52.8 Å². The predicted octanol–water partition coefficient (Wildman–Crippen LogP) is 2.56.